The van der Waals surface area contributed by atoms with Crippen LogP contribution in [0.1, 0.15) is 30.1 Å². The molecule has 1 aliphatic rings. The standard InChI is InChI=1S/C14H16N6/c1-8-11(7-16-20(8)2)17-14-18-12(9-3-4-9)10-5-6-15-13(10)19-14/h5-7,9H,3-4H2,1-2H3,(H2,15,17,18,19). The average Bonchev–Trinajstić information content (AvgIpc) is 3.11. The molecule has 0 radical (unpaired) electrons. The summed E-state index contributed by atoms with van der Waals surface area (Å²) in [6.45, 7) is 2.02. The quantitative estimate of drug-likeness (QED) is 0.766. The Balaban J connectivity index is 1.78. The van der Waals surface area contributed by atoms with E-state index in [0.717, 1.165) is 28.1 Å². The Morgan fingerprint density at radius 2 is 2.20 bits per heavy atom. The molecule has 0 unspecified atom stereocenters. The second-order valence-electron chi connectivity index (χ2n) is 5.34. The average molecular weight is 268 g/mol. The van der Waals surface area contributed by atoms with E-state index in [1.165, 1.54) is 12.8 Å². The molecule has 4 rings (SSSR count). The molecule has 102 valence electrons. The molecule has 6 nitrogen and oxygen atoms in total. The van der Waals surface area contributed by atoms with Gasteiger partial charge < -0.3 is 10.3 Å². The molecular weight excluding hydrogens is 252 g/mol. The van der Waals surface area contributed by atoms with E-state index in [4.69, 9.17) is 4.98 Å². The number of hydrogen-bond acceptors (Lipinski definition) is 4. The summed E-state index contributed by atoms with van der Waals surface area (Å²) in [5.41, 5.74) is 4.06. The lowest BCUT2D eigenvalue weighted by molar-refractivity contribution is 0.740. The molecule has 20 heavy (non-hydrogen) atoms. The number of fused-ring (bicyclic) bond motifs is 1. The van der Waals surface area contributed by atoms with Crippen LogP contribution in [0, 0.1) is 6.92 Å². The fraction of sp³-hybridized carbons (Fsp3) is 0.357. The summed E-state index contributed by atoms with van der Waals surface area (Å²) in [6.07, 6.45) is 6.17. The van der Waals surface area contributed by atoms with Gasteiger partial charge in [0.2, 0.25) is 5.95 Å². The third kappa shape index (κ3) is 1.76. The summed E-state index contributed by atoms with van der Waals surface area (Å²) >= 11 is 0. The molecule has 0 amide bonds. The van der Waals surface area contributed by atoms with Gasteiger partial charge in [0, 0.05) is 24.5 Å². The van der Waals surface area contributed by atoms with Crippen LogP contribution in [-0.2, 0) is 7.05 Å². The first-order valence-electron chi connectivity index (χ1n) is 6.83. The number of aryl methyl sites for hydroxylation is 1. The molecule has 1 saturated carbocycles. The van der Waals surface area contributed by atoms with Gasteiger partial charge >= 0.3 is 0 Å². The van der Waals surface area contributed by atoms with Gasteiger partial charge in [-0.1, -0.05) is 0 Å². The van der Waals surface area contributed by atoms with E-state index in [1.54, 1.807) is 6.20 Å². The van der Waals surface area contributed by atoms with Gasteiger partial charge in [0.05, 0.1) is 23.3 Å². The molecule has 0 aromatic carbocycles. The van der Waals surface area contributed by atoms with Crippen LogP contribution in [0.3, 0.4) is 0 Å². The molecule has 0 aliphatic heterocycles. The molecule has 1 fully saturated rings. The van der Waals surface area contributed by atoms with E-state index >= 15 is 0 Å². The number of aromatic amines is 1. The molecule has 0 atom stereocenters. The Bertz CT molecular complexity index is 780. The van der Waals surface area contributed by atoms with Crippen LogP contribution >= 0.6 is 0 Å². The third-order valence-corrected chi connectivity index (χ3v) is 3.89. The highest BCUT2D eigenvalue weighted by molar-refractivity contribution is 5.80. The number of nitrogens with one attached hydrogen (secondary N) is 2. The van der Waals surface area contributed by atoms with Gasteiger partial charge in [0.1, 0.15) is 5.65 Å². The maximum absolute atomic E-state index is 4.70. The number of rotatable bonds is 3. The minimum Gasteiger partial charge on any atom is -0.346 e. The molecule has 6 heteroatoms. The van der Waals surface area contributed by atoms with Crippen molar-refractivity contribution in [2.75, 3.05) is 5.32 Å². The van der Waals surface area contributed by atoms with Crippen molar-refractivity contribution >= 4 is 22.7 Å². The molecule has 1 aliphatic carbocycles. The lowest BCUT2D eigenvalue weighted by Gasteiger charge is -2.07. The molecule has 0 spiro atoms. The Labute approximate surface area is 116 Å². The topological polar surface area (TPSA) is 71.4 Å². The number of aromatic nitrogens is 5. The van der Waals surface area contributed by atoms with Crippen LogP contribution in [0.4, 0.5) is 11.6 Å². The fourth-order valence-electron chi connectivity index (χ4n) is 2.43. The van der Waals surface area contributed by atoms with Crippen molar-refractivity contribution in [3.8, 4) is 0 Å². The molecule has 3 aromatic heterocycles. The maximum atomic E-state index is 4.70. The predicted octanol–water partition coefficient (Wildman–Crippen LogP) is 2.62. The minimum atomic E-state index is 0.590. The molecule has 3 heterocycles. The lowest BCUT2D eigenvalue weighted by atomic mass is 10.2. The second-order valence-corrected chi connectivity index (χ2v) is 5.34. The third-order valence-electron chi connectivity index (χ3n) is 3.89. The highest BCUT2D eigenvalue weighted by Gasteiger charge is 2.28. The Hall–Kier alpha value is -2.37. The van der Waals surface area contributed by atoms with Crippen molar-refractivity contribution in [3.63, 3.8) is 0 Å². The Morgan fingerprint density at radius 1 is 1.35 bits per heavy atom. The van der Waals surface area contributed by atoms with E-state index in [2.05, 4.69) is 26.4 Å². The Morgan fingerprint density at radius 3 is 2.90 bits per heavy atom. The molecule has 3 aromatic rings. The highest BCUT2D eigenvalue weighted by Crippen LogP contribution is 2.42. The fourth-order valence-corrected chi connectivity index (χ4v) is 2.43. The van der Waals surface area contributed by atoms with E-state index in [9.17, 15) is 0 Å². The van der Waals surface area contributed by atoms with Crippen LogP contribution in [0.5, 0.6) is 0 Å². The lowest BCUT2D eigenvalue weighted by Crippen LogP contribution is -2.02. The summed E-state index contributed by atoms with van der Waals surface area (Å²) in [6, 6.07) is 2.06. The summed E-state index contributed by atoms with van der Waals surface area (Å²) in [7, 11) is 1.92. The van der Waals surface area contributed by atoms with Gasteiger partial charge in [-0.3, -0.25) is 4.68 Å². The highest BCUT2D eigenvalue weighted by atomic mass is 15.3. The summed E-state index contributed by atoms with van der Waals surface area (Å²) in [5.74, 6) is 1.23. The van der Waals surface area contributed by atoms with Gasteiger partial charge in [-0.25, -0.2) is 4.98 Å². The zero-order valence-electron chi connectivity index (χ0n) is 11.5. The van der Waals surface area contributed by atoms with Crippen molar-refractivity contribution in [2.24, 2.45) is 7.05 Å². The normalized spacial score (nSPS) is 14.9. The number of anilines is 2. The monoisotopic (exact) mass is 268 g/mol. The van der Waals surface area contributed by atoms with Crippen LogP contribution in [0.25, 0.3) is 11.0 Å². The van der Waals surface area contributed by atoms with Crippen LogP contribution in [-0.4, -0.2) is 24.7 Å². The largest absolute Gasteiger partial charge is 0.346 e. The van der Waals surface area contributed by atoms with Crippen molar-refractivity contribution in [1.82, 2.24) is 24.7 Å². The van der Waals surface area contributed by atoms with Crippen molar-refractivity contribution in [2.45, 2.75) is 25.7 Å². The van der Waals surface area contributed by atoms with Gasteiger partial charge in [0.25, 0.3) is 0 Å². The molecule has 0 bridgehead atoms. The van der Waals surface area contributed by atoms with E-state index in [0.29, 0.717) is 11.9 Å². The summed E-state index contributed by atoms with van der Waals surface area (Å²) in [4.78, 5) is 12.4. The second kappa shape index (κ2) is 4.06. The zero-order valence-corrected chi connectivity index (χ0v) is 11.5. The summed E-state index contributed by atoms with van der Waals surface area (Å²) in [5, 5.41) is 8.64. The molecule has 2 N–H and O–H groups in total. The first-order valence-corrected chi connectivity index (χ1v) is 6.83. The van der Waals surface area contributed by atoms with Crippen LogP contribution < -0.4 is 5.32 Å². The number of nitrogens with zero attached hydrogens (tertiary/aromatic N) is 4. The van der Waals surface area contributed by atoms with Gasteiger partial charge in [-0.2, -0.15) is 10.1 Å². The van der Waals surface area contributed by atoms with E-state index < -0.39 is 0 Å². The first kappa shape index (κ1) is 11.5. The minimum absolute atomic E-state index is 0.590. The first-order chi connectivity index (χ1) is 9.72. The van der Waals surface area contributed by atoms with Crippen molar-refractivity contribution in [3.05, 3.63) is 29.8 Å². The maximum Gasteiger partial charge on any atom is 0.229 e. The number of H-pyrrole nitrogens is 1. The molecular formula is C14H16N6. The van der Waals surface area contributed by atoms with Gasteiger partial charge in [-0.05, 0) is 25.8 Å². The summed E-state index contributed by atoms with van der Waals surface area (Å²) < 4.78 is 1.83. The van der Waals surface area contributed by atoms with Crippen molar-refractivity contribution < 1.29 is 0 Å². The van der Waals surface area contributed by atoms with Crippen molar-refractivity contribution in [1.29, 1.82) is 0 Å². The van der Waals surface area contributed by atoms with E-state index in [1.807, 2.05) is 24.9 Å². The van der Waals surface area contributed by atoms with Gasteiger partial charge in [0.15, 0.2) is 0 Å². The number of hydrogen-bond donors (Lipinski definition) is 2. The van der Waals surface area contributed by atoms with E-state index in [-0.39, 0.29) is 0 Å². The molecule has 0 saturated heterocycles. The smallest absolute Gasteiger partial charge is 0.229 e. The van der Waals surface area contributed by atoms with Gasteiger partial charge in [-0.15, -0.1) is 0 Å². The van der Waals surface area contributed by atoms with Crippen LogP contribution in [0.15, 0.2) is 18.5 Å². The van der Waals surface area contributed by atoms with Crippen LogP contribution in [0.2, 0.25) is 0 Å². The zero-order chi connectivity index (χ0) is 13.7. The Kier molecular flexibility index (Phi) is 2.33. The SMILES string of the molecule is Cc1c(Nc2nc(C3CC3)c3cc[nH]c3n2)cnn1C. The predicted molar refractivity (Wildman–Crippen MR) is 77.1 cm³/mol.